The molecular formula is C17H22Br2O2. The normalized spacial score (nSPS) is 38.4. The van der Waals surface area contributed by atoms with Gasteiger partial charge in [-0.25, -0.2) is 0 Å². The van der Waals surface area contributed by atoms with E-state index >= 15 is 0 Å². The fourth-order valence-corrected chi connectivity index (χ4v) is 5.55. The van der Waals surface area contributed by atoms with Crippen LogP contribution < -0.4 is 0 Å². The molecule has 2 fully saturated rings. The molecule has 2 saturated heterocycles. The molecule has 2 aliphatic rings. The van der Waals surface area contributed by atoms with Gasteiger partial charge in [-0.3, -0.25) is 0 Å². The minimum atomic E-state index is -0.167. The van der Waals surface area contributed by atoms with Crippen LogP contribution in [0.5, 0.6) is 0 Å². The van der Waals surface area contributed by atoms with E-state index < -0.39 is 0 Å². The minimum Gasteiger partial charge on any atom is -0.370 e. The van der Waals surface area contributed by atoms with Crippen LogP contribution in [0.15, 0.2) is 28.7 Å². The van der Waals surface area contributed by atoms with Crippen molar-refractivity contribution in [2.24, 2.45) is 5.92 Å². The lowest BCUT2D eigenvalue weighted by Crippen LogP contribution is -2.44. The zero-order valence-corrected chi connectivity index (χ0v) is 15.9. The van der Waals surface area contributed by atoms with Gasteiger partial charge >= 0.3 is 0 Å². The average molecular weight is 418 g/mol. The summed E-state index contributed by atoms with van der Waals surface area (Å²) >= 11 is 7.42. The van der Waals surface area contributed by atoms with Gasteiger partial charge in [0, 0.05) is 15.7 Å². The first-order valence-corrected chi connectivity index (χ1v) is 9.27. The van der Waals surface area contributed by atoms with Crippen LogP contribution in [0, 0.1) is 5.92 Å². The monoisotopic (exact) mass is 416 g/mol. The predicted octanol–water partition coefficient (Wildman–Crippen LogP) is 5.08. The van der Waals surface area contributed by atoms with E-state index in [1.54, 1.807) is 0 Å². The Labute approximate surface area is 143 Å². The van der Waals surface area contributed by atoms with Crippen molar-refractivity contribution in [3.05, 3.63) is 34.3 Å². The van der Waals surface area contributed by atoms with Crippen LogP contribution in [0.3, 0.4) is 0 Å². The second kappa shape index (κ2) is 5.63. The van der Waals surface area contributed by atoms with Crippen molar-refractivity contribution in [3.8, 4) is 0 Å². The molecule has 2 nitrogen and oxygen atoms in total. The maximum absolute atomic E-state index is 6.47. The zero-order chi connectivity index (χ0) is 15.3. The zero-order valence-electron chi connectivity index (χ0n) is 12.7. The molecule has 4 unspecified atom stereocenters. The van der Waals surface area contributed by atoms with Gasteiger partial charge in [0.05, 0.1) is 23.9 Å². The molecule has 2 bridgehead atoms. The maximum atomic E-state index is 6.47. The summed E-state index contributed by atoms with van der Waals surface area (Å²) in [6.07, 6.45) is 2.16. The van der Waals surface area contributed by atoms with Gasteiger partial charge < -0.3 is 9.47 Å². The number of hydrogen-bond donors (Lipinski definition) is 0. The molecule has 0 N–H and O–H groups in total. The summed E-state index contributed by atoms with van der Waals surface area (Å²) in [6, 6.07) is 8.24. The topological polar surface area (TPSA) is 18.5 Å². The molecule has 0 aliphatic carbocycles. The van der Waals surface area contributed by atoms with Gasteiger partial charge in [-0.2, -0.15) is 0 Å². The molecule has 1 aromatic carbocycles. The molecule has 4 heteroatoms. The van der Waals surface area contributed by atoms with Gasteiger partial charge in [0.15, 0.2) is 0 Å². The molecule has 0 radical (unpaired) electrons. The number of alkyl halides is 1. The number of rotatable bonds is 4. The van der Waals surface area contributed by atoms with E-state index in [0.717, 1.165) is 17.3 Å². The standard InChI is InChI=1S/C17H22Br2O2/c1-11(2)17-9-15(16(3,21-17)8-14(17)19)20-10-12-6-4-5-7-13(12)18/h4-7,11,14-15H,8-10H2,1-3H3. The van der Waals surface area contributed by atoms with Crippen LogP contribution in [0.25, 0.3) is 0 Å². The number of benzene rings is 1. The van der Waals surface area contributed by atoms with E-state index in [9.17, 15) is 0 Å². The van der Waals surface area contributed by atoms with Crippen LogP contribution in [-0.4, -0.2) is 22.1 Å². The molecule has 21 heavy (non-hydrogen) atoms. The van der Waals surface area contributed by atoms with Gasteiger partial charge in [0.1, 0.15) is 0 Å². The lowest BCUT2D eigenvalue weighted by atomic mass is 9.75. The van der Waals surface area contributed by atoms with Crippen molar-refractivity contribution in [1.82, 2.24) is 0 Å². The van der Waals surface area contributed by atoms with E-state index in [-0.39, 0.29) is 17.3 Å². The van der Waals surface area contributed by atoms with Crippen LogP contribution in [0.1, 0.15) is 39.2 Å². The Morgan fingerprint density at radius 2 is 2.05 bits per heavy atom. The van der Waals surface area contributed by atoms with Crippen molar-refractivity contribution >= 4 is 31.9 Å². The summed E-state index contributed by atoms with van der Waals surface area (Å²) in [6.45, 7) is 7.32. The molecule has 116 valence electrons. The SMILES string of the molecule is CC(C)C12CC(OCc3ccccc3Br)C(C)(CC1Br)O2. The summed E-state index contributed by atoms with van der Waals surface area (Å²) in [5.74, 6) is 0.487. The molecule has 0 spiro atoms. The number of ether oxygens (including phenoxy) is 2. The second-order valence-electron chi connectivity index (χ2n) is 6.79. The van der Waals surface area contributed by atoms with Crippen LogP contribution >= 0.6 is 31.9 Å². The van der Waals surface area contributed by atoms with E-state index in [1.807, 2.05) is 12.1 Å². The second-order valence-corrected chi connectivity index (χ2v) is 8.75. The summed E-state index contributed by atoms with van der Waals surface area (Å²) in [5, 5.41) is 0. The molecule has 2 aliphatic heterocycles. The molecule has 4 atom stereocenters. The Bertz CT molecular complexity index is 533. The third-order valence-electron chi connectivity index (χ3n) is 5.10. The highest BCUT2D eigenvalue weighted by Crippen LogP contribution is 2.57. The number of halogens is 2. The van der Waals surface area contributed by atoms with Crippen molar-refractivity contribution in [1.29, 1.82) is 0 Å². The third kappa shape index (κ3) is 2.62. The Balaban J connectivity index is 1.73. The van der Waals surface area contributed by atoms with E-state index in [4.69, 9.17) is 9.47 Å². The van der Waals surface area contributed by atoms with Crippen LogP contribution in [-0.2, 0) is 16.1 Å². The lowest BCUT2D eigenvalue weighted by molar-refractivity contribution is -0.0956. The van der Waals surface area contributed by atoms with Gasteiger partial charge in [-0.05, 0) is 30.9 Å². The molecule has 2 heterocycles. The predicted molar refractivity (Wildman–Crippen MR) is 91.7 cm³/mol. The van der Waals surface area contributed by atoms with Crippen molar-refractivity contribution in [2.45, 2.75) is 62.4 Å². The summed E-state index contributed by atoms with van der Waals surface area (Å²) in [5.41, 5.74) is 0.949. The average Bonchev–Trinajstić information content (AvgIpc) is 2.86. The van der Waals surface area contributed by atoms with Gasteiger partial charge in [-0.1, -0.05) is 63.9 Å². The van der Waals surface area contributed by atoms with Crippen molar-refractivity contribution in [3.63, 3.8) is 0 Å². The third-order valence-corrected chi connectivity index (χ3v) is 6.97. The Morgan fingerprint density at radius 1 is 1.33 bits per heavy atom. The maximum Gasteiger partial charge on any atom is 0.0936 e. The van der Waals surface area contributed by atoms with Crippen LogP contribution in [0.4, 0.5) is 0 Å². The Morgan fingerprint density at radius 3 is 2.67 bits per heavy atom. The first-order chi connectivity index (χ1) is 9.87. The first-order valence-electron chi connectivity index (χ1n) is 7.57. The molecule has 3 rings (SSSR count). The highest BCUT2D eigenvalue weighted by molar-refractivity contribution is 9.10. The number of fused-ring (bicyclic) bond motifs is 2. The largest absolute Gasteiger partial charge is 0.370 e. The van der Waals surface area contributed by atoms with Crippen LogP contribution in [0.2, 0.25) is 0 Å². The van der Waals surface area contributed by atoms with E-state index in [0.29, 0.717) is 17.4 Å². The summed E-state index contributed by atoms with van der Waals surface area (Å²) < 4.78 is 13.8. The molecule has 0 saturated carbocycles. The van der Waals surface area contributed by atoms with E-state index in [1.165, 1.54) is 5.56 Å². The molecule has 1 aromatic rings. The minimum absolute atomic E-state index is 0.0761. The fourth-order valence-electron chi connectivity index (χ4n) is 3.70. The van der Waals surface area contributed by atoms with Gasteiger partial charge in [0.25, 0.3) is 0 Å². The lowest BCUT2D eigenvalue weighted by Gasteiger charge is -2.35. The highest BCUT2D eigenvalue weighted by Gasteiger charge is 2.65. The van der Waals surface area contributed by atoms with Gasteiger partial charge in [0.2, 0.25) is 0 Å². The van der Waals surface area contributed by atoms with Gasteiger partial charge in [-0.15, -0.1) is 0 Å². The Hall–Kier alpha value is 0.1000. The summed E-state index contributed by atoms with van der Waals surface area (Å²) in [7, 11) is 0. The van der Waals surface area contributed by atoms with E-state index in [2.05, 4.69) is 64.8 Å². The molecular weight excluding hydrogens is 396 g/mol. The fraction of sp³-hybridized carbons (Fsp3) is 0.647. The Kier molecular flexibility index (Phi) is 4.28. The molecule has 0 amide bonds. The smallest absolute Gasteiger partial charge is 0.0936 e. The van der Waals surface area contributed by atoms with Crippen molar-refractivity contribution in [2.75, 3.05) is 0 Å². The quantitative estimate of drug-likeness (QED) is 0.636. The summed E-state index contributed by atoms with van der Waals surface area (Å²) in [4.78, 5) is 0.429. The first kappa shape index (κ1) is 16.0. The number of hydrogen-bond acceptors (Lipinski definition) is 2. The molecule has 0 aromatic heterocycles. The highest BCUT2D eigenvalue weighted by atomic mass is 79.9. The van der Waals surface area contributed by atoms with Crippen molar-refractivity contribution < 1.29 is 9.47 Å².